The molecule has 0 aliphatic rings. The molecule has 0 unspecified atom stereocenters. The lowest BCUT2D eigenvalue weighted by Crippen LogP contribution is -2.10. The fraction of sp³-hybridized carbons (Fsp3) is 0.231. The molecule has 0 atom stereocenters. The van der Waals surface area contributed by atoms with Crippen LogP contribution in [0.15, 0.2) is 34.7 Å². The van der Waals surface area contributed by atoms with Crippen LogP contribution in [0.25, 0.3) is 11.5 Å². The number of alkyl halides is 3. The summed E-state index contributed by atoms with van der Waals surface area (Å²) in [6.07, 6.45) is -6.09. The molecule has 2 rings (SSSR count). The highest BCUT2D eigenvalue weighted by molar-refractivity contribution is 5.87. The third-order valence-electron chi connectivity index (χ3n) is 2.56. The van der Waals surface area contributed by atoms with Gasteiger partial charge in [-0.2, -0.15) is 13.2 Å². The van der Waals surface area contributed by atoms with E-state index in [1.807, 2.05) is 0 Å². The van der Waals surface area contributed by atoms with E-state index in [1.54, 1.807) is 30.3 Å². The van der Waals surface area contributed by atoms with Gasteiger partial charge in [-0.25, -0.2) is 9.78 Å². The van der Waals surface area contributed by atoms with Crippen molar-refractivity contribution in [3.05, 3.63) is 41.8 Å². The second-order valence-corrected chi connectivity index (χ2v) is 4.08. The number of rotatable bonds is 4. The van der Waals surface area contributed by atoms with E-state index in [0.29, 0.717) is 5.56 Å². The molecule has 0 saturated heterocycles. The molecule has 0 bridgehead atoms. The van der Waals surface area contributed by atoms with Gasteiger partial charge in [0.25, 0.3) is 0 Å². The van der Waals surface area contributed by atoms with E-state index >= 15 is 0 Å². The molecule has 0 amide bonds. The lowest BCUT2D eigenvalue weighted by Gasteiger charge is -2.03. The quantitative estimate of drug-likeness (QED) is 0.933. The smallest absolute Gasteiger partial charge is 0.389 e. The highest BCUT2D eigenvalue weighted by atomic mass is 19.4. The number of hydrogen-bond donors (Lipinski definition) is 1. The lowest BCUT2D eigenvalue weighted by molar-refractivity contribution is -0.134. The molecule has 0 saturated carbocycles. The van der Waals surface area contributed by atoms with Crippen molar-refractivity contribution in [1.82, 2.24) is 4.98 Å². The molecule has 1 heterocycles. The van der Waals surface area contributed by atoms with Crippen LogP contribution in [-0.2, 0) is 6.42 Å². The van der Waals surface area contributed by atoms with E-state index in [4.69, 9.17) is 9.52 Å². The van der Waals surface area contributed by atoms with Crippen molar-refractivity contribution in [3.8, 4) is 11.5 Å². The third-order valence-corrected chi connectivity index (χ3v) is 2.56. The van der Waals surface area contributed by atoms with Gasteiger partial charge in [-0.1, -0.05) is 18.2 Å². The van der Waals surface area contributed by atoms with Crippen LogP contribution in [-0.4, -0.2) is 22.2 Å². The molecule has 106 valence electrons. The molecule has 4 nitrogen and oxygen atoms in total. The van der Waals surface area contributed by atoms with Gasteiger partial charge in [0.2, 0.25) is 5.89 Å². The molecule has 2 aromatic rings. The number of carbonyl (C=O) groups is 1. The molecule has 7 heteroatoms. The Morgan fingerprint density at radius 2 is 1.90 bits per heavy atom. The predicted molar refractivity (Wildman–Crippen MR) is 63.3 cm³/mol. The van der Waals surface area contributed by atoms with Crippen LogP contribution in [0.2, 0.25) is 0 Å². The van der Waals surface area contributed by atoms with Crippen LogP contribution in [0.5, 0.6) is 0 Å². The summed E-state index contributed by atoms with van der Waals surface area (Å²) in [4.78, 5) is 14.7. The van der Waals surface area contributed by atoms with Gasteiger partial charge in [-0.15, -0.1) is 0 Å². The first-order valence-corrected chi connectivity index (χ1v) is 5.72. The Morgan fingerprint density at radius 1 is 1.25 bits per heavy atom. The summed E-state index contributed by atoms with van der Waals surface area (Å²) in [5.74, 6) is -1.68. The molecule has 0 aliphatic carbocycles. The van der Waals surface area contributed by atoms with Gasteiger partial charge in [0, 0.05) is 12.0 Å². The summed E-state index contributed by atoms with van der Waals surface area (Å²) in [6, 6.07) is 8.38. The van der Waals surface area contributed by atoms with Crippen molar-refractivity contribution in [2.24, 2.45) is 0 Å². The van der Waals surface area contributed by atoms with Gasteiger partial charge in [-0.3, -0.25) is 0 Å². The molecule has 20 heavy (non-hydrogen) atoms. The van der Waals surface area contributed by atoms with Gasteiger partial charge in [-0.05, 0) is 12.1 Å². The Labute approximate surface area is 111 Å². The normalized spacial score (nSPS) is 11.6. The minimum atomic E-state index is -4.38. The molecule has 0 fully saturated rings. The Kier molecular flexibility index (Phi) is 3.78. The maximum absolute atomic E-state index is 12.2. The minimum absolute atomic E-state index is 0.000162. The van der Waals surface area contributed by atoms with E-state index in [9.17, 15) is 18.0 Å². The molecule has 0 radical (unpaired) electrons. The zero-order valence-corrected chi connectivity index (χ0v) is 10.1. The number of carboxylic acids is 1. The van der Waals surface area contributed by atoms with Crippen LogP contribution in [0.4, 0.5) is 13.2 Å². The van der Waals surface area contributed by atoms with E-state index in [1.165, 1.54) is 0 Å². The van der Waals surface area contributed by atoms with E-state index in [2.05, 4.69) is 4.98 Å². The van der Waals surface area contributed by atoms with Crippen molar-refractivity contribution in [1.29, 1.82) is 0 Å². The zero-order chi connectivity index (χ0) is 14.8. The number of aromatic carboxylic acids is 1. The number of carboxylic acid groups (broad SMARTS) is 1. The number of aromatic nitrogens is 1. The number of aryl methyl sites for hydroxylation is 1. The first-order chi connectivity index (χ1) is 9.37. The number of oxazole rings is 1. The zero-order valence-electron chi connectivity index (χ0n) is 10.1. The maximum Gasteiger partial charge on any atom is 0.389 e. The highest BCUT2D eigenvalue weighted by Crippen LogP contribution is 2.27. The van der Waals surface area contributed by atoms with E-state index in [-0.39, 0.29) is 11.7 Å². The van der Waals surface area contributed by atoms with Crippen LogP contribution in [0.1, 0.15) is 22.7 Å². The minimum Gasteiger partial charge on any atom is -0.476 e. The van der Waals surface area contributed by atoms with Crippen molar-refractivity contribution in [2.45, 2.75) is 19.0 Å². The van der Waals surface area contributed by atoms with E-state index < -0.39 is 30.7 Å². The Balaban J connectivity index is 2.32. The molecule has 1 aromatic heterocycles. The summed E-state index contributed by atoms with van der Waals surface area (Å²) in [5.41, 5.74) is 0.0290. The molecular weight excluding hydrogens is 275 g/mol. The van der Waals surface area contributed by atoms with Gasteiger partial charge >= 0.3 is 12.1 Å². The van der Waals surface area contributed by atoms with Gasteiger partial charge in [0.15, 0.2) is 5.69 Å². The van der Waals surface area contributed by atoms with Gasteiger partial charge < -0.3 is 9.52 Å². The number of hydrogen-bond acceptors (Lipinski definition) is 3. The van der Waals surface area contributed by atoms with Crippen molar-refractivity contribution >= 4 is 5.97 Å². The van der Waals surface area contributed by atoms with Crippen LogP contribution in [0, 0.1) is 0 Å². The van der Waals surface area contributed by atoms with Crippen LogP contribution < -0.4 is 0 Å². The highest BCUT2D eigenvalue weighted by Gasteiger charge is 2.29. The largest absolute Gasteiger partial charge is 0.476 e. The molecule has 0 aliphatic heterocycles. The summed E-state index contributed by atoms with van der Waals surface area (Å²) < 4.78 is 41.7. The van der Waals surface area contributed by atoms with Gasteiger partial charge in [0.1, 0.15) is 5.76 Å². The molecule has 1 aromatic carbocycles. The summed E-state index contributed by atoms with van der Waals surface area (Å²) in [7, 11) is 0. The van der Waals surface area contributed by atoms with Crippen molar-refractivity contribution in [3.63, 3.8) is 0 Å². The Bertz CT molecular complexity index is 605. The summed E-state index contributed by atoms with van der Waals surface area (Å²) >= 11 is 0. The predicted octanol–water partition coefficient (Wildman–Crippen LogP) is 3.53. The lowest BCUT2D eigenvalue weighted by atomic mass is 10.2. The van der Waals surface area contributed by atoms with Crippen LogP contribution in [0.3, 0.4) is 0 Å². The summed E-state index contributed by atoms with van der Waals surface area (Å²) in [5, 5.41) is 8.95. The number of halogens is 3. The van der Waals surface area contributed by atoms with Crippen molar-refractivity contribution in [2.75, 3.05) is 0 Å². The first kappa shape index (κ1) is 14.1. The first-order valence-electron chi connectivity index (χ1n) is 5.72. The molecule has 0 spiro atoms. The fourth-order valence-electron chi connectivity index (χ4n) is 1.65. The average Bonchev–Trinajstić information content (AvgIpc) is 2.81. The van der Waals surface area contributed by atoms with E-state index in [0.717, 1.165) is 0 Å². The monoisotopic (exact) mass is 285 g/mol. The standard InChI is InChI=1S/C13H10F3NO3/c14-13(15,16)7-6-9-10(12(18)19)17-11(20-9)8-4-2-1-3-5-8/h1-5H,6-7H2,(H,18,19). The topological polar surface area (TPSA) is 63.3 Å². The molecular formula is C13H10F3NO3. The number of nitrogens with zero attached hydrogens (tertiary/aromatic N) is 1. The SMILES string of the molecule is O=C(O)c1nc(-c2ccccc2)oc1CCC(F)(F)F. The van der Waals surface area contributed by atoms with Gasteiger partial charge in [0.05, 0.1) is 6.42 Å². The van der Waals surface area contributed by atoms with Crippen LogP contribution >= 0.6 is 0 Å². The molecule has 1 N–H and O–H groups in total. The van der Waals surface area contributed by atoms with Crippen molar-refractivity contribution < 1.29 is 27.5 Å². The average molecular weight is 285 g/mol. The fourth-order valence-corrected chi connectivity index (χ4v) is 1.65. The Morgan fingerprint density at radius 3 is 2.45 bits per heavy atom. The second-order valence-electron chi connectivity index (χ2n) is 4.08. The maximum atomic E-state index is 12.2. The Hall–Kier alpha value is -2.31. The second kappa shape index (κ2) is 5.36. The third kappa shape index (κ3) is 3.37. The number of benzene rings is 1. The summed E-state index contributed by atoms with van der Waals surface area (Å²) in [6.45, 7) is 0.